The Morgan fingerprint density at radius 2 is 2.08 bits per heavy atom. The second kappa shape index (κ2) is 6.70. The summed E-state index contributed by atoms with van der Waals surface area (Å²) >= 11 is 0. The largest absolute Gasteiger partial charge is 0.496 e. The van der Waals surface area contributed by atoms with E-state index in [1.54, 1.807) is 18.2 Å². The quantitative estimate of drug-likeness (QED) is 0.842. The van der Waals surface area contributed by atoms with Crippen molar-refractivity contribution in [3.8, 4) is 5.75 Å². The Bertz CT molecular complexity index is 646. The van der Waals surface area contributed by atoms with E-state index in [-0.39, 0.29) is 13.0 Å². The van der Waals surface area contributed by atoms with Crippen molar-refractivity contribution in [2.24, 2.45) is 0 Å². The van der Waals surface area contributed by atoms with Crippen LogP contribution in [0.4, 0.5) is 13.2 Å². The molecule has 0 saturated carbocycles. The summed E-state index contributed by atoms with van der Waals surface area (Å²) in [5, 5.41) is 0. The van der Waals surface area contributed by atoms with Crippen LogP contribution in [0, 0.1) is 6.92 Å². The minimum absolute atomic E-state index is 0.0160. The third kappa shape index (κ3) is 3.80. The number of rotatable bonds is 4. The van der Waals surface area contributed by atoms with E-state index in [4.69, 9.17) is 4.74 Å². The zero-order valence-electron chi connectivity index (χ0n) is 13.7. The van der Waals surface area contributed by atoms with Crippen molar-refractivity contribution in [1.29, 1.82) is 0 Å². The second-order valence-electron chi connectivity index (χ2n) is 5.78. The number of methoxy groups -OCH3 is 1. The number of benzene rings is 1. The minimum atomic E-state index is -4.45. The van der Waals surface area contributed by atoms with Gasteiger partial charge in [0.05, 0.1) is 7.11 Å². The lowest BCUT2D eigenvalue weighted by molar-refractivity contribution is -0.158. The molecule has 1 heterocycles. The van der Waals surface area contributed by atoms with Crippen molar-refractivity contribution >= 4 is 11.8 Å². The van der Waals surface area contributed by atoms with Crippen LogP contribution in [0.15, 0.2) is 18.2 Å². The molecular weight excluding hydrogens is 325 g/mol. The maximum absolute atomic E-state index is 12.5. The van der Waals surface area contributed by atoms with Gasteiger partial charge in [0.1, 0.15) is 18.3 Å². The summed E-state index contributed by atoms with van der Waals surface area (Å²) in [6.07, 6.45) is -4.27. The first kappa shape index (κ1) is 18.1. The highest BCUT2D eigenvalue weighted by atomic mass is 19.4. The molecule has 1 aromatic carbocycles. The number of likely N-dealkylation sites (N-methyl/N-ethyl adjacent to an activating group) is 1. The predicted octanol–water partition coefficient (Wildman–Crippen LogP) is 2.24. The van der Waals surface area contributed by atoms with Crippen molar-refractivity contribution in [2.45, 2.75) is 25.6 Å². The van der Waals surface area contributed by atoms with Crippen LogP contribution in [-0.2, 0) is 4.79 Å². The van der Waals surface area contributed by atoms with Crippen LogP contribution in [0.1, 0.15) is 22.3 Å². The first-order chi connectivity index (χ1) is 11.1. The molecule has 0 spiro atoms. The average Bonchev–Trinajstić information content (AvgIpc) is 2.85. The molecule has 1 aliphatic heterocycles. The highest BCUT2D eigenvalue weighted by molar-refractivity contribution is 5.98. The highest BCUT2D eigenvalue weighted by Crippen LogP contribution is 2.25. The number of amides is 2. The zero-order valence-corrected chi connectivity index (χ0v) is 13.7. The summed E-state index contributed by atoms with van der Waals surface area (Å²) in [7, 11) is 2.91. The van der Waals surface area contributed by atoms with Gasteiger partial charge in [-0.05, 0) is 31.0 Å². The molecule has 5 nitrogen and oxygen atoms in total. The lowest BCUT2D eigenvalue weighted by Crippen LogP contribution is -2.44. The lowest BCUT2D eigenvalue weighted by Gasteiger charge is -2.24. The molecule has 0 N–H and O–H groups in total. The monoisotopic (exact) mass is 344 g/mol. The summed E-state index contributed by atoms with van der Waals surface area (Å²) < 4.78 is 42.6. The molecule has 0 radical (unpaired) electrons. The summed E-state index contributed by atoms with van der Waals surface area (Å²) in [5.41, 5.74) is 1.17. The number of nitrogens with zero attached hydrogens (tertiary/aromatic N) is 2. The number of carbonyl (C=O) groups is 2. The van der Waals surface area contributed by atoms with E-state index in [0.29, 0.717) is 11.3 Å². The molecule has 0 bridgehead atoms. The Morgan fingerprint density at radius 3 is 2.67 bits per heavy atom. The van der Waals surface area contributed by atoms with Crippen molar-refractivity contribution in [1.82, 2.24) is 9.80 Å². The molecule has 2 rings (SSSR count). The fourth-order valence-corrected chi connectivity index (χ4v) is 2.75. The Kier molecular flexibility index (Phi) is 5.05. The van der Waals surface area contributed by atoms with Crippen LogP contribution >= 0.6 is 0 Å². The van der Waals surface area contributed by atoms with Crippen LogP contribution in [0.25, 0.3) is 0 Å². The normalized spacial score (nSPS) is 18.0. The number of halogens is 3. The van der Waals surface area contributed by atoms with Gasteiger partial charge >= 0.3 is 6.18 Å². The van der Waals surface area contributed by atoms with Crippen molar-refractivity contribution in [3.63, 3.8) is 0 Å². The number of ether oxygens (including phenoxy) is 1. The Morgan fingerprint density at radius 1 is 1.42 bits per heavy atom. The number of hydrogen-bond donors (Lipinski definition) is 0. The third-order valence-electron chi connectivity index (χ3n) is 4.08. The summed E-state index contributed by atoms with van der Waals surface area (Å²) in [6, 6.07) is 3.99. The second-order valence-corrected chi connectivity index (χ2v) is 5.78. The third-order valence-corrected chi connectivity index (χ3v) is 4.08. The van der Waals surface area contributed by atoms with E-state index in [1.165, 1.54) is 19.1 Å². The first-order valence-corrected chi connectivity index (χ1v) is 7.41. The van der Waals surface area contributed by atoms with E-state index < -0.39 is 30.6 Å². The van der Waals surface area contributed by atoms with Gasteiger partial charge in [-0.3, -0.25) is 9.59 Å². The van der Waals surface area contributed by atoms with Gasteiger partial charge < -0.3 is 14.5 Å². The molecular formula is C16H19F3N2O3. The van der Waals surface area contributed by atoms with Crippen molar-refractivity contribution in [2.75, 3.05) is 27.2 Å². The van der Waals surface area contributed by atoms with Gasteiger partial charge in [0.2, 0.25) is 5.91 Å². The SMILES string of the molecule is COc1cc(C(=O)N(C)[C@H]2CCN(CC(F)(F)F)C2=O)ccc1C. The molecule has 1 fully saturated rings. The Hall–Kier alpha value is -2.25. The van der Waals surface area contributed by atoms with Gasteiger partial charge in [-0.25, -0.2) is 0 Å². The fourth-order valence-electron chi connectivity index (χ4n) is 2.75. The molecule has 1 aromatic rings. The minimum Gasteiger partial charge on any atom is -0.496 e. The molecule has 1 aliphatic rings. The molecule has 24 heavy (non-hydrogen) atoms. The zero-order chi connectivity index (χ0) is 18.1. The van der Waals surface area contributed by atoms with Crippen LogP contribution < -0.4 is 4.74 Å². The van der Waals surface area contributed by atoms with Gasteiger partial charge in [-0.2, -0.15) is 13.2 Å². The predicted molar refractivity (Wildman–Crippen MR) is 80.9 cm³/mol. The van der Waals surface area contributed by atoms with Gasteiger partial charge in [0.25, 0.3) is 5.91 Å². The first-order valence-electron chi connectivity index (χ1n) is 7.41. The van der Waals surface area contributed by atoms with Crippen LogP contribution in [0.3, 0.4) is 0 Å². The number of alkyl halides is 3. The number of hydrogen-bond acceptors (Lipinski definition) is 3. The molecule has 0 aliphatic carbocycles. The van der Waals surface area contributed by atoms with Crippen LogP contribution in [-0.4, -0.2) is 61.1 Å². The maximum atomic E-state index is 12.5. The molecule has 132 valence electrons. The molecule has 0 aromatic heterocycles. The average molecular weight is 344 g/mol. The van der Waals surface area contributed by atoms with E-state index in [1.807, 2.05) is 6.92 Å². The number of likely N-dealkylation sites (tertiary alicyclic amines) is 1. The number of aryl methyl sites for hydroxylation is 1. The van der Waals surface area contributed by atoms with Gasteiger partial charge in [-0.15, -0.1) is 0 Å². The van der Waals surface area contributed by atoms with E-state index in [9.17, 15) is 22.8 Å². The topological polar surface area (TPSA) is 49.9 Å². The molecule has 8 heteroatoms. The summed E-state index contributed by atoms with van der Waals surface area (Å²) in [5.74, 6) is -0.576. The smallest absolute Gasteiger partial charge is 0.406 e. The van der Waals surface area contributed by atoms with Crippen LogP contribution in [0.5, 0.6) is 5.75 Å². The maximum Gasteiger partial charge on any atom is 0.406 e. The van der Waals surface area contributed by atoms with E-state index >= 15 is 0 Å². The van der Waals surface area contributed by atoms with E-state index in [0.717, 1.165) is 10.5 Å². The molecule has 2 amide bonds. The van der Waals surface area contributed by atoms with Crippen LogP contribution in [0.2, 0.25) is 0 Å². The molecule has 1 saturated heterocycles. The number of carbonyl (C=O) groups excluding carboxylic acids is 2. The highest BCUT2D eigenvalue weighted by Gasteiger charge is 2.41. The van der Waals surface area contributed by atoms with Gasteiger partial charge in [0, 0.05) is 19.2 Å². The van der Waals surface area contributed by atoms with Crippen molar-refractivity contribution < 1.29 is 27.5 Å². The Labute approximate surface area is 138 Å². The summed E-state index contributed by atoms with van der Waals surface area (Å²) in [6.45, 7) is 0.521. The fraction of sp³-hybridized carbons (Fsp3) is 0.500. The van der Waals surface area contributed by atoms with Crippen molar-refractivity contribution in [3.05, 3.63) is 29.3 Å². The van der Waals surface area contributed by atoms with Gasteiger partial charge in [-0.1, -0.05) is 6.07 Å². The summed E-state index contributed by atoms with van der Waals surface area (Å²) in [4.78, 5) is 26.6. The van der Waals surface area contributed by atoms with Gasteiger partial charge in [0.15, 0.2) is 0 Å². The standard InChI is InChI=1S/C16H19F3N2O3/c1-10-4-5-11(8-13(10)24-3)14(22)20(2)12-6-7-21(15(12)23)9-16(17,18)19/h4-5,8,12H,6-7,9H2,1-3H3/t12-/m0/s1. The molecule has 0 unspecified atom stereocenters. The molecule has 1 atom stereocenters. The van der Waals surface area contributed by atoms with E-state index in [2.05, 4.69) is 0 Å². The Balaban J connectivity index is 2.13. The lowest BCUT2D eigenvalue weighted by atomic mass is 10.1.